The van der Waals surface area contributed by atoms with Gasteiger partial charge in [0.15, 0.2) is 0 Å². The number of hydrogen-bond acceptors (Lipinski definition) is 6. The summed E-state index contributed by atoms with van der Waals surface area (Å²) in [4.78, 5) is 12.6. The van der Waals surface area contributed by atoms with E-state index in [1.807, 2.05) is 0 Å². The molecule has 3 rings (SSSR count). The van der Waals surface area contributed by atoms with E-state index >= 15 is 0 Å². The number of aromatic nitrogens is 4. The maximum Gasteiger partial charge on any atom is 0.240 e. The molecule has 0 bridgehead atoms. The molecule has 1 saturated carbocycles. The van der Waals surface area contributed by atoms with E-state index in [2.05, 4.69) is 32.3 Å². The van der Waals surface area contributed by atoms with Crippen molar-refractivity contribution >= 4 is 0 Å². The van der Waals surface area contributed by atoms with Gasteiger partial charge in [0.05, 0.1) is 0 Å². The van der Waals surface area contributed by atoms with Crippen LogP contribution in [0.2, 0.25) is 0 Å². The third-order valence-electron chi connectivity index (χ3n) is 3.29. The van der Waals surface area contributed by atoms with Gasteiger partial charge in [-0.3, -0.25) is 0 Å². The SMILES string of the molecule is CCNC(Cc1nc(-c2ncccn2)no1)C1CC1. The van der Waals surface area contributed by atoms with Gasteiger partial charge in [0.1, 0.15) is 0 Å². The van der Waals surface area contributed by atoms with Crippen molar-refractivity contribution in [2.75, 3.05) is 6.54 Å². The van der Waals surface area contributed by atoms with Crippen LogP contribution in [-0.4, -0.2) is 32.7 Å². The molecule has 1 unspecified atom stereocenters. The molecule has 0 amide bonds. The average Bonchev–Trinajstić information content (AvgIpc) is 3.19. The quantitative estimate of drug-likeness (QED) is 0.846. The lowest BCUT2D eigenvalue weighted by Gasteiger charge is -2.14. The monoisotopic (exact) mass is 259 g/mol. The van der Waals surface area contributed by atoms with Gasteiger partial charge >= 0.3 is 0 Å². The summed E-state index contributed by atoms with van der Waals surface area (Å²) in [5.74, 6) is 2.37. The zero-order chi connectivity index (χ0) is 13.1. The molecule has 2 aromatic rings. The molecule has 2 heterocycles. The number of hydrogen-bond donors (Lipinski definition) is 1. The molecular weight excluding hydrogens is 242 g/mol. The van der Waals surface area contributed by atoms with Gasteiger partial charge in [-0.25, -0.2) is 9.97 Å². The summed E-state index contributed by atoms with van der Waals surface area (Å²) >= 11 is 0. The van der Waals surface area contributed by atoms with Crippen molar-refractivity contribution in [2.24, 2.45) is 5.92 Å². The lowest BCUT2D eigenvalue weighted by atomic mass is 10.1. The highest BCUT2D eigenvalue weighted by Gasteiger charge is 2.32. The highest BCUT2D eigenvalue weighted by atomic mass is 16.5. The molecule has 1 atom stereocenters. The standard InChI is InChI=1S/C13H17N5O/c1-2-14-10(9-4-5-9)8-11-17-13(18-19-11)12-15-6-3-7-16-12/h3,6-7,9-10,14H,2,4-5,8H2,1H3. The molecule has 1 N–H and O–H groups in total. The highest BCUT2D eigenvalue weighted by Crippen LogP contribution is 2.34. The Hall–Kier alpha value is -1.82. The minimum Gasteiger partial charge on any atom is -0.339 e. The molecule has 100 valence electrons. The van der Waals surface area contributed by atoms with Crippen LogP contribution in [0.5, 0.6) is 0 Å². The van der Waals surface area contributed by atoms with Gasteiger partial charge in [-0.2, -0.15) is 4.98 Å². The van der Waals surface area contributed by atoms with Crippen LogP contribution in [0.3, 0.4) is 0 Å². The summed E-state index contributed by atoms with van der Waals surface area (Å²) < 4.78 is 5.29. The van der Waals surface area contributed by atoms with Crippen LogP contribution < -0.4 is 5.32 Å². The van der Waals surface area contributed by atoms with E-state index < -0.39 is 0 Å². The summed E-state index contributed by atoms with van der Waals surface area (Å²) in [6.07, 6.45) is 6.70. The Morgan fingerprint density at radius 3 is 2.79 bits per heavy atom. The van der Waals surface area contributed by atoms with E-state index in [0.717, 1.165) is 18.9 Å². The summed E-state index contributed by atoms with van der Waals surface area (Å²) in [6, 6.07) is 2.20. The van der Waals surface area contributed by atoms with E-state index in [-0.39, 0.29) is 0 Å². The first-order valence-electron chi connectivity index (χ1n) is 6.70. The van der Waals surface area contributed by atoms with Crippen LogP contribution in [0.25, 0.3) is 11.6 Å². The van der Waals surface area contributed by atoms with Gasteiger partial charge in [0.2, 0.25) is 17.5 Å². The first kappa shape index (κ1) is 12.2. The van der Waals surface area contributed by atoms with Crippen molar-refractivity contribution in [3.8, 4) is 11.6 Å². The van der Waals surface area contributed by atoms with Crippen LogP contribution in [0.15, 0.2) is 23.0 Å². The third-order valence-corrected chi connectivity index (χ3v) is 3.29. The van der Waals surface area contributed by atoms with Gasteiger partial charge in [0.25, 0.3) is 0 Å². The Bertz CT molecular complexity index is 523. The molecule has 0 radical (unpaired) electrons. The fraction of sp³-hybridized carbons (Fsp3) is 0.538. The first-order chi connectivity index (χ1) is 9.36. The summed E-state index contributed by atoms with van der Waals surface area (Å²) in [5.41, 5.74) is 0. The van der Waals surface area contributed by atoms with E-state index in [9.17, 15) is 0 Å². The van der Waals surface area contributed by atoms with Crippen LogP contribution in [0, 0.1) is 5.92 Å². The van der Waals surface area contributed by atoms with E-state index in [1.165, 1.54) is 12.8 Å². The Morgan fingerprint density at radius 1 is 1.32 bits per heavy atom. The topological polar surface area (TPSA) is 76.7 Å². The Kier molecular flexibility index (Phi) is 3.50. The lowest BCUT2D eigenvalue weighted by Crippen LogP contribution is -2.33. The summed E-state index contributed by atoms with van der Waals surface area (Å²) in [7, 11) is 0. The second kappa shape index (κ2) is 5.44. The molecule has 0 spiro atoms. The Balaban J connectivity index is 1.70. The molecule has 0 saturated heterocycles. The fourth-order valence-electron chi connectivity index (χ4n) is 2.20. The van der Waals surface area contributed by atoms with Crippen molar-refractivity contribution in [2.45, 2.75) is 32.2 Å². The predicted molar refractivity (Wildman–Crippen MR) is 69.2 cm³/mol. The lowest BCUT2D eigenvalue weighted by molar-refractivity contribution is 0.348. The van der Waals surface area contributed by atoms with Crippen molar-refractivity contribution in [3.05, 3.63) is 24.4 Å². The Labute approximate surface area is 111 Å². The van der Waals surface area contributed by atoms with Crippen LogP contribution in [-0.2, 0) is 6.42 Å². The Morgan fingerprint density at radius 2 is 2.11 bits per heavy atom. The molecule has 0 aliphatic heterocycles. The number of nitrogens with one attached hydrogen (secondary N) is 1. The summed E-state index contributed by atoms with van der Waals surface area (Å²) in [6.45, 7) is 3.08. The molecule has 1 fully saturated rings. The van der Waals surface area contributed by atoms with E-state index in [0.29, 0.717) is 23.6 Å². The molecule has 0 aromatic carbocycles. The molecule has 1 aliphatic carbocycles. The second-order valence-electron chi connectivity index (χ2n) is 4.79. The largest absolute Gasteiger partial charge is 0.339 e. The zero-order valence-corrected chi connectivity index (χ0v) is 10.9. The number of nitrogens with zero attached hydrogens (tertiary/aromatic N) is 4. The van der Waals surface area contributed by atoms with Crippen molar-refractivity contribution in [1.29, 1.82) is 0 Å². The molecule has 19 heavy (non-hydrogen) atoms. The van der Waals surface area contributed by atoms with Gasteiger partial charge in [-0.05, 0) is 31.4 Å². The van der Waals surface area contributed by atoms with Gasteiger partial charge in [-0.15, -0.1) is 0 Å². The molecule has 6 nitrogen and oxygen atoms in total. The molecule has 1 aliphatic rings. The molecular formula is C13H17N5O. The molecule has 6 heteroatoms. The smallest absolute Gasteiger partial charge is 0.240 e. The van der Waals surface area contributed by atoms with Gasteiger partial charge < -0.3 is 9.84 Å². The second-order valence-corrected chi connectivity index (χ2v) is 4.79. The first-order valence-corrected chi connectivity index (χ1v) is 6.70. The number of rotatable bonds is 6. The zero-order valence-electron chi connectivity index (χ0n) is 10.9. The third kappa shape index (κ3) is 2.96. The minimum atomic E-state index is 0.440. The minimum absolute atomic E-state index is 0.440. The van der Waals surface area contributed by atoms with E-state index in [4.69, 9.17) is 4.52 Å². The van der Waals surface area contributed by atoms with Gasteiger partial charge in [-0.1, -0.05) is 12.1 Å². The van der Waals surface area contributed by atoms with Crippen molar-refractivity contribution < 1.29 is 4.52 Å². The normalized spacial score (nSPS) is 16.5. The maximum atomic E-state index is 5.29. The average molecular weight is 259 g/mol. The van der Waals surface area contributed by atoms with Crippen LogP contribution >= 0.6 is 0 Å². The predicted octanol–water partition coefficient (Wildman–Crippen LogP) is 1.46. The number of likely N-dealkylation sites (N-methyl/N-ethyl adjacent to an activating group) is 1. The van der Waals surface area contributed by atoms with Crippen LogP contribution in [0.1, 0.15) is 25.7 Å². The van der Waals surface area contributed by atoms with Crippen molar-refractivity contribution in [3.63, 3.8) is 0 Å². The van der Waals surface area contributed by atoms with Crippen molar-refractivity contribution in [1.82, 2.24) is 25.4 Å². The fourth-order valence-corrected chi connectivity index (χ4v) is 2.20. The van der Waals surface area contributed by atoms with Crippen LogP contribution in [0.4, 0.5) is 0 Å². The van der Waals surface area contributed by atoms with Gasteiger partial charge in [0, 0.05) is 24.9 Å². The summed E-state index contributed by atoms with van der Waals surface area (Å²) in [5, 5.41) is 7.42. The molecule has 2 aromatic heterocycles. The highest BCUT2D eigenvalue weighted by molar-refractivity contribution is 5.40. The van der Waals surface area contributed by atoms with E-state index in [1.54, 1.807) is 18.5 Å². The maximum absolute atomic E-state index is 5.29.